The van der Waals surface area contributed by atoms with E-state index in [9.17, 15) is 5.11 Å². The number of rotatable bonds is 1. The number of aromatic nitrogens is 2. The highest BCUT2D eigenvalue weighted by molar-refractivity contribution is 5.57. The maximum Gasteiger partial charge on any atom is 0.140 e. The Labute approximate surface area is 101 Å². The number of aliphatic hydroxyl groups is 1. The molecule has 0 aliphatic carbocycles. The van der Waals surface area contributed by atoms with Crippen LogP contribution in [0.3, 0.4) is 0 Å². The van der Waals surface area contributed by atoms with Crippen molar-refractivity contribution in [2.75, 3.05) is 0 Å². The second-order valence-electron chi connectivity index (χ2n) is 4.74. The molecule has 1 aromatic carbocycles. The van der Waals surface area contributed by atoms with Crippen LogP contribution in [0.15, 0.2) is 30.5 Å². The normalized spacial score (nSPS) is 19.1. The van der Waals surface area contributed by atoms with E-state index in [1.54, 1.807) is 0 Å². The molecule has 1 unspecified atom stereocenters. The van der Waals surface area contributed by atoms with Crippen LogP contribution >= 0.6 is 0 Å². The van der Waals surface area contributed by atoms with Crippen molar-refractivity contribution in [3.05, 3.63) is 41.7 Å². The van der Waals surface area contributed by atoms with Gasteiger partial charge in [0.25, 0.3) is 0 Å². The first-order valence-corrected chi connectivity index (χ1v) is 6.03. The molecule has 0 spiro atoms. The monoisotopic (exact) mass is 228 g/mol. The van der Waals surface area contributed by atoms with E-state index in [4.69, 9.17) is 0 Å². The zero-order chi connectivity index (χ0) is 11.8. The van der Waals surface area contributed by atoms with Gasteiger partial charge in [-0.2, -0.15) is 0 Å². The van der Waals surface area contributed by atoms with Crippen molar-refractivity contribution >= 4 is 0 Å². The highest BCUT2D eigenvalue weighted by Gasteiger charge is 2.20. The lowest BCUT2D eigenvalue weighted by atomic mass is 10.1. The number of hydrogen-bond donors (Lipinski definition) is 1. The summed E-state index contributed by atoms with van der Waals surface area (Å²) < 4.78 is 2.22. The fourth-order valence-corrected chi connectivity index (χ4v) is 2.46. The molecule has 0 saturated heterocycles. The van der Waals surface area contributed by atoms with Crippen LogP contribution in [0, 0.1) is 6.92 Å². The molecule has 0 radical (unpaired) electrons. The Kier molecular flexibility index (Phi) is 2.48. The highest BCUT2D eigenvalue weighted by Crippen LogP contribution is 2.25. The molecule has 0 bridgehead atoms. The molecular weight excluding hydrogens is 212 g/mol. The van der Waals surface area contributed by atoms with E-state index >= 15 is 0 Å². The van der Waals surface area contributed by atoms with Gasteiger partial charge in [0.2, 0.25) is 0 Å². The van der Waals surface area contributed by atoms with Gasteiger partial charge >= 0.3 is 0 Å². The number of aliphatic hydroxyl groups excluding tert-OH is 1. The van der Waals surface area contributed by atoms with Crippen molar-refractivity contribution in [1.82, 2.24) is 9.55 Å². The van der Waals surface area contributed by atoms with E-state index in [0.29, 0.717) is 0 Å². The summed E-state index contributed by atoms with van der Waals surface area (Å²) in [6.07, 6.45) is 3.23. The predicted molar refractivity (Wildman–Crippen MR) is 66.7 cm³/mol. The SMILES string of the molecule is Cc1cccc(-c2ncc3n2CCC(O)C3)c1. The van der Waals surface area contributed by atoms with Crippen LogP contribution in [-0.2, 0) is 13.0 Å². The lowest BCUT2D eigenvalue weighted by Gasteiger charge is -2.21. The third kappa shape index (κ3) is 1.87. The summed E-state index contributed by atoms with van der Waals surface area (Å²) in [6.45, 7) is 2.95. The van der Waals surface area contributed by atoms with E-state index in [0.717, 1.165) is 36.5 Å². The first-order valence-electron chi connectivity index (χ1n) is 6.03. The van der Waals surface area contributed by atoms with E-state index in [2.05, 4.69) is 40.7 Å². The smallest absolute Gasteiger partial charge is 0.140 e. The van der Waals surface area contributed by atoms with Gasteiger partial charge < -0.3 is 9.67 Å². The minimum atomic E-state index is -0.204. The Morgan fingerprint density at radius 2 is 2.29 bits per heavy atom. The zero-order valence-electron chi connectivity index (χ0n) is 9.93. The number of aryl methyl sites for hydroxylation is 1. The van der Waals surface area contributed by atoms with Gasteiger partial charge in [0.15, 0.2) is 0 Å². The number of hydrogen-bond acceptors (Lipinski definition) is 2. The lowest BCUT2D eigenvalue weighted by Crippen LogP contribution is -2.22. The van der Waals surface area contributed by atoms with Crippen LogP contribution in [0.25, 0.3) is 11.4 Å². The molecule has 2 aromatic rings. The van der Waals surface area contributed by atoms with Gasteiger partial charge in [0, 0.05) is 30.4 Å². The van der Waals surface area contributed by atoms with Gasteiger partial charge in [0.1, 0.15) is 5.82 Å². The van der Waals surface area contributed by atoms with E-state index in [1.165, 1.54) is 5.56 Å². The van der Waals surface area contributed by atoms with Crippen molar-refractivity contribution in [1.29, 1.82) is 0 Å². The van der Waals surface area contributed by atoms with Crippen LogP contribution in [0.1, 0.15) is 17.7 Å². The summed E-state index contributed by atoms with van der Waals surface area (Å²) >= 11 is 0. The maximum absolute atomic E-state index is 9.64. The number of fused-ring (bicyclic) bond motifs is 1. The second-order valence-corrected chi connectivity index (χ2v) is 4.74. The molecule has 88 valence electrons. The standard InChI is InChI=1S/C14H16N2O/c1-10-3-2-4-11(7-10)14-15-9-12-8-13(17)5-6-16(12)14/h2-4,7,9,13,17H,5-6,8H2,1H3. The molecule has 0 saturated carbocycles. The average molecular weight is 228 g/mol. The number of nitrogens with zero attached hydrogens (tertiary/aromatic N) is 2. The van der Waals surface area contributed by atoms with Crippen molar-refractivity contribution in [2.45, 2.75) is 32.4 Å². The Hall–Kier alpha value is -1.61. The molecule has 1 atom stereocenters. The molecular formula is C14H16N2O. The summed E-state index contributed by atoms with van der Waals surface area (Å²) in [4.78, 5) is 4.50. The molecule has 2 heterocycles. The quantitative estimate of drug-likeness (QED) is 0.812. The average Bonchev–Trinajstić information content (AvgIpc) is 2.71. The van der Waals surface area contributed by atoms with Gasteiger partial charge in [-0.25, -0.2) is 4.98 Å². The summed E-state index contributed by atoms with van der Waals surface area (Å²) in [5, 5.41) is 9.64. The van der Waals surface area contributed by atoms with Crippen LogP contribution in [0.5, 0.6) is 0 Å². The molecule has 1 aromatic heterocycles. The molecule has 17 heavy (non-hydrogen) atoms. The van der Waals surface area contributed by atoms with Crippen molar-refractivity contribution in [3.8, 4) is 11.4 Å². The molecule has 0 fully saturated rings. The Balaban J connectivity index is 2.05. The summed E-state index contributed by atoms with van der Waals surface area (Å²) in [6, 6.07) is 8.39. The third-order valence-corrected chi connectivity index (χ3v) is 3.35. The van der Waals surface area contributed by atoms with E-state index < -0.39 is 0 Å². The molecule has 3 nitrogen and oxygen atoms in total. The topological polar surface area (TPSA) is 38.0 Å². The van der Waals surface area contributed by atoms with Crippen molar-refractivity contribution in [3.63, 3.8) is 0 Å². The molecule has 0 amide bonds. The summed E-state index contributed by atoms with van der Waals surface area (Å²) in [7, 11) is 0. The number of benzene rings is 1. The van der Waals surface area contributed by atoms with Crippen molar-refractivity contribution in [2.24, 2.45) is 0 Å². The van der Waals surface area contributed by atoms with E-state index in [1.807, 2.05) is 6.20 Å². The Morgan fingerprint density at radius 3 is 3.12 bits per heavy atom. The fraction of sp³-hybridized carbons (Fsp3) is 0.357. The van der Waals surface area contributed by atoms with Crippen LogP contribution < -0.4 is 0 Å². The first kappa shape index (κ1) is 10.5. The molecule has 3 heteroatoms. The predicted octanol–water partition coefficient (Wildman–Crippen LogP) is 2.17. The molecule has 3 rings (SSSR count). The maximum atomic E-state index is 9.64. The zero-order valence-corrected chi connectivity index (χ0v) is 9.93. The van der Waals surface area contributed by atoms with Gasteiger partial charge in [-0.3, -0.25) is 0 Å². The first-order chi connectivity index (χ1) is 8.24. The summed E-state index contributed by atoms with van der Waals surface area (Å²) in [5.41, 5.74) is 3.54. The number of imidazole rings is 1. The molecule has 1 aliphatic rings. The van der Waals surface area contributed by atoms with Crippen LogP contribution in [0.2, 0.25) is 0 Å². The third-order valence-electron chi connectivity index (χ3n) is 3.35. The Morgan fingerprint density at radius 1 is 1.41 bits per heavy atom. The minimum absolute atomic E-state index is 0.204. The minimum Gasteiger partial charge on any atom is -0.393 e. The van der Waals surface area contributed by atoms with Crippen LogP contribution in [-0.4, -0.2) is 20.8 Å². The van der Waals surface area contributed by atoms with Crippen LogP contribution in [0.4, 0.5) is 0 Å². The fourth-order valence-electron chi connectivity index (χ4n) is 2.46. The van der Waals surface area contributed by atoms with Crippen molar-refractivity contribution < 1.29 is 5.11 Å². The lowest BCUT2D eigenvalue weighted by molar-refractivity contribution is 0.144. The molecule has 1 aliphatic heterocycles. The van der Waals surface area contributed by atoms with Gasteiger partial charge in [-0.05, 0) is 19.4 Å². The molecule has 1 N–H and O–H groups in total. The van der Waals surface area contributed by atoms with Gasteiger partial charge in [-0.15, -0.1) is 0 Å². The highest BCUT2D eigenvalue weighted by atomic mass is 16.3. The summed E-state index contributed by atoms with van der Waals surface area (Å²) in [5.74, 6) is 1.02. The van der Waals surface area contributed by atoms with Gasteiger partial charge in [0.05, 0.1) is 6.10 Å². The largest absolute Gasteiger partial charge is 0.393 e. The Bertz CT molecular complexity index is 545. The van der Waals surface area contributed by atoms with E-state index in [-0.39, 0.29) is 6.10 Å². The second kappa shape index (κ2) is 4.00. The van der Waals surface area contributed by atoms with Gasteiger partial charge in [-0.1, -0.05) is 23.8 Å².